The van der Waals surface area contributed by atoms with Crippen molar-refractivity contribution in [1.82, 2.24) is 0 Å². The maximum absolute atomic E-state index is 13.1. The molecule has 0 saturated carbocycles. The van der Waals surface area contributed by atoms with Crippen LogP contribution in [0.25, 0.3) is 0 Å². The molecule has 0 aliphatic heterocycles. The van der Waals surface area contributed by atoms with Gasteiger partial charge in [0.25, 0.3) is 0 Å². The summed E-state index contributed by atoms with van der Waals surface area (Å²) in [6.45, 7) is 11.9. The maximum Gasteiger partial charge on any atom is 0.472 e. The Labute approximate surface area is 581 Å². The fourth-order valence-electron chi connectivity index (χ4n) is 11.6. The fourth-order valence-corrected chi connectivity index (χ4v) is 13.1. The maximum atomic E-state index is 13.1. The number of phosphoric acid groups is 2. The predicted molar refractivity (Wildman–Crippen MR) is 386 cm³/mol. The predicted octanol–water partition coefficient (Wildman–Crippen LogP) is 22.2. The fraction of sp³-hybridized carbons (Fsp3) is 0.947. The van der Waals surface area contributed by atoms with E-state index in [1.807, 2.05) is 0 Å². The van der Waals surface area contributed by atoms with E-state index in [2.05, 4.69) is 48.5 Å². The lowest BCUT2D eigenvalue weighted by Crippen LogP contribution is -2.30. The molecule has 0 radical (unpaired) electrons. The first-order valence-corrected chi connectivity index (χ1v) is 42.4. The van der Waals surface area contributed by atoms with Gasteiger partial charge in [0.05, 0.1) is 26.4 Å². The summed E-state index contributed by atoms with van der Waals surface area (Å²) in [5.41, 5.74) is 0. The highest BCUT2D eigenvalue weighted by Gasteiger charge is 2.30. The zero-order valence-corrected chi connectivity index (χ0v) is 63.9. The summed E-state index contributed by atoms with van der Waals surface area (Å²) in [5.74, 6) is 0.202. The molecule has 19 heteroatoms. The third-order valence-corrected chi connectivity index (χ3v) is 19.9. The number of rotatable bonds is 74. The van der Waals surface area contributed by atoms with Crippen LogP contribution in [0.2, 0.25) is 0 Å². The van der Waals surface area contributed by atoms with E-state index in [4.69, 9.17) is 37.0 Å². The van der Waals surface area contributed by atoms with Crippen LogP contribution >= 0.6 is 15.6 Å². The van der Waals surface area contributed by atoms with E-state index in [1.165, 1.54) is 199 Å². The second kappa shape index (κ2) is 66.6. The molecule has 0 aromatic carbocycles. The van der Waals surface area contributed by atoms with Crippen molar-refractivity contribution in [2.45, 2.75) is 407 Å². The molecule has 0 aliphatic carbocycles. The lowest BCUT2D eigenvalue weighted by atomic mass is 10.00. The van der Waals surface area contributed by atoms with Gasteiger partial charge in [-0.25, -0.2) is 9.13 Å². The van der Waals surface area contributed by atoms with Crippen molar-refractivity contribution in [3.8, 4) is 0 Å². The second-order valence-corrected chi connectivity index (χ2v) is 31.5. The molecule has 6 atom stereocenters. The normalized spacial score (nSPS) is 14.4. The van der Waals surface area contributed by atoms with E-state index in [9.17, 15) is 43.2 Å². The van der Waals surface area contributed by atoms with Gasteiger partial charge in [-0.05, 0) is 43.4 Å². The summed E-state index contributed by atoms with van der Waals surface area (Å²) in [4.78, 5) is 72.8. The van der Waals surface area contributed by atoms with Crippen LogP contribution in [0.5, 0.6) is 0 Å². The number of carbonyl (C=O) groups excluding carboxylic acids is 4. The Bertz CT molecular complexity index is 1850. The minimum atomic E-state index is -4.96. The number of hydrogen-bond acceptors (Lipinski definition) is 15. The van der Waals surface area contributed by atoms with Crippen molar-refractivity contribution < 1.29 is 80.2 Å². The van der Waals surface area contributed by atoms with Gasteiger partial charge >= 0.3 is 39.5 Å². The molecule has 0 aliphatic rings. The number of aliphatic hydroxyl groups excluding tert-OH is 1. The number of unbranched alkanes of at least 4 members (excludes halogenated alkanes) is 41. The molecule has 17 nitrogen and oxygen atoms in total. The SMILES string of the molecule is CCCCCCCCCCCCC(=O)OC[C@H](COP(=O)(O)OC[C@H](O)COP(=O)(O)OC[C@@H](COC(=O)CCCCCCCCCCCCCCCCC(C)C)OC(=O)CCCCCCCCCCCCCCCCCC(C)C)OC(=O)CCCCCCCCC(C)CC. The molecule has 3 unspecified atom stereocenters. The van der Waals surface area contributed by atoms with Crippen molar-refractivity contribution in [3.05, 3.63) is 0 Å². The quantitative estimate of drug-likeness (QED) is 0.0222. The van der Waals surface area contributed by atoms with Crippen LogP contribution in [-0.2, 0) is 65.4 Å². The van der Waals surface area contributed by atoms with Crippen molar-refractivity contribution in [3.63, 3.8) is 0 Å². The lowest BCUT2D eigenvalue weighted by molar-refractivity contribution is -0.161. The Morgan fingerprint density at radius 2 is 0.537 bits per heavy atom. The highest BCUT2D eigenvalue weighted by molar-refractivity contribution is 7.47. The monoisotopic (exact) mass is 1400 g/mol. The molecule has 95 heavy (non-hydrogen) atoms. The average Bonchev–Trinajstić information content (AvgIpc) is 1.29. The highest BCUT2D eigenvalue weighted by Crippen LogP contribution is 2.45. The number of phosphoric ester groups is 2. The topological polar surface area (TPSA) is 237 Å². The Hall–Kier alpha value is -1.94. The molecular weight excluding hydrogens is 1250 g/mol. The molecule has 564 valence electrons. The molecule has 0 rings (SSSR count). The van der Waals surface area contributed by atoms with E-state index >= 15 is 0 Å². The van der Waals surface area contributed by atoms with Gasteiger partial charge in [-0.1, -0.05) is 337 Å². The Balaban J connectivity index is 5.22. The van der Waals surface area contributed by atoms with Gasteiger partial charge in [0, 0.05) is 25.7 Å². The summed E-state index contributed by atoms with van der Waals surface area (Å²) < 4.78 is 68.5. The first kappa shape index (κ1) is 93.1. The van der Waals surface area contributed by atoms with Gasteiger partial charge in [0.2, 0.25) is 0 Å². The number of aliphatic hydroxyl groups is 1. The molecule has 0 saturated heterocycles. The van der Waals surface area contributed by atoms with E-state index in [0.717, 1.165) is 108 Å². The zero-order valence-electron chi connectivity index (χ0n) is 62.1. The van der Waals surface area contributed by atoms with Gasteiger partial charge < -0.3 is 33.8 Å². The van der Waals surface area contributed by atoms with Gasteiger partial charge in [-0.3, -0.25) is 37.3 Å². The molecule has 0 spiro atoms. The minimum Gasteiger partial charge on any atom is -0.462 e. The summed E-state index contributed by atoms with van der Waals surface area (Å²) in [6, 6.07) is 0. The summed E-state index contributed by atoms with van der Waals surface area (Å²) in [6.07, 6.45) is 52.8. The molecule has 0 heterocycles. The highest BCUT2D eigenvalue weighted by atomic mass is 31.2. The van der Waals surface area contributed by atoms with Crippen molar-refractivity contribution >= 4 is 39.5 Å². The Morgan fingerprint density at radius 3 is 0.800 bits per heavy atom. The van der Waals surface area contributed by atoms with Crippen molar-refractivity contribution in [2.75, 3.05) is 39.6 Å². The molecule has 0 aromatic heterocycles. The largest absolute Gasteiger partial charge is 0.472 e. The second-order valence-electron chi connectivity index (χ2n) is 28.6. The van der Waals surface area contributed by atoms with Gasteiger partial charge in [0.15, 0.2) is 12.2 Å². The summed E-state index contributed by atoms with van der Waals surface area (Å²) in [7, 11) is -9.91. The average molecular weight is 1400 g/mol. The van der Waals surface area contributed by atoms with E-state index in [-0.39, 0.29) is 25.7 Å². The number of esters is 4. The third-order valence-electron chi connectivity index (χ3n) is 18.0. The first-order chi connectivity index (χ1) is 45.8. The van der Waals surface area contributed by atoms with Crippen molar-refractivity contribution in [1.29, 1.82) is 0 Å². The molecule has 0 aromatic rings. The number of carbonyl (C=O) groups is 4. The zero-order chi connectivity index (χ0) is 70.1. The van der Waals surface area contributed by atoms with E-state index in [0.29, 0.717) is 25.7 Å². The number of ether oxygens (including phenoxy) is 4. The number of hydrogen-bond donors (Lipinski definition) is 3. The summed E-state index contributed by atoms with van der Waals surface area (Å²) in [5, 5.41) is 10.6. The van der Waals surface area contributed by atoms with Crippen LogP contribution in [0, 0.1) is 17.8 Å². The van der Waals surface area contributed by atoms with Gasteiger partial charge in [0.1, 0.15) is 19.3 Å². The Morgan fingerprint density at radius 1 is 0.305 bits per heavy atom. The van der Waals surface area contributed by atoms with E-state index < -0.39 is 97.5 Å². The molecule has 0 fully saturated rings. The third kappa shape index (κ3) is 69.0. The van der Waals surface area contributed by atoms with Gasteiger partial charge in [-0.2, -0.15) is 0 Å². The molecular formula is C76H148O17P2. The van der Waals surface area contributed by atoms with Crippen LogP contribution in [0.4, 0.5) is 0 Å². The van der Waals surface area contributed by atoms with Crippen LogP contribution < -0.4 is 0 Å². The smallest absolute Gasteiger partial charge is 0.462 e. The van der Waals surface area contributed by atoms with E-state index in [1.54, 1.807) is 0 Å². The molecule has 0 amide bonds. The summed E-state index contributed by atoms with van der Waals surface area (Å²) >= 11 is 0. The molecule has 0 bridgehead atoms. The van der Waals surface area contributed by atoms with Crippen LogP contribution in [-0.4, -0.2) is 96.7 Å². The minimum absolute atomic E-state index is 0.103. The molecule has 3 N–H and O–H groups in total. The Kier molecular flexibility index (Phi) is 65.2. The van der Waals surface area contributed by atoms with Gasteiger partial charge in [-0.15, -0.1) is 0 Å². The van der Waals surface area contributed by atoms with Crippen LogP contribution in [0.15, 0.2) is 0 Å². The van der Waals surface area contributed by atoms with Crippen LogP contribution in [0.1, 0.15) is 389 Å². The standard InChI is InChI=1S/C76H148O17P2/c1-8-10-11-12-13-14-30-35-43-50-57-73(78)87-64-72(93-76(81)60-53-46-39-38-42-49-56-69(7)9-2)66-91-95(84,85)89-62-70(77)61-88-94(82,83)90-65-71(63-86-74(79)58-51-44-36-31-26-22-19-18-21-25-29-34-41-48-55-68(5)6)92-75(80)59-52-45-37-32-27-23-17-15-16-20-24-28-33-40-47-54-67(3)4/h67-72,77H,8-66H2,1-7H3,(H,82,83)(H,84,85)/t69?,70-,71-,72-/m1/s1. The van der Waals surface area contributed by atoms with Crippen LogP contribution in [0.3, 0.4) is 0 Å². The lowest BCUT2D eigenvalue weighted by Gasteiger charge is -2.21. The first-order valence-electron chi connectivity index (χ1n) is 39.4. The van der Waals surface area contributed by atoms with Crippen molar-refractivity contribution in [2.24, 2.45) is 17.8 Å².